The molecule has 2 fully saturated rings. The maximum Gasteiger partial charge on any atom is 0.228 e. The average molecular weight is 423 g/mol. The summed E-state index contributed by atoms with van der Waals surface area (Å²) in [4.78, 5) is 35.5. The Hall–Kier alpha value is -1.90. The van der Waals surface area contributed by atoms with Crippen LogP contribution in [0.2, 0.25) is 5.02 Å². The molecule has 0 aliphatic carbocycles. The lowest BCUT2D eigenvalue weighted by molar-refractivity contribution is -0.136. The van der Waals surface area contributed by atoms with Crippen LogP contribution in [0.4, 0.5) is 5.13 Å². The molecule has 1 aromatic heterocycles. The number of thiazole rings is 1. The van der Waals surface area contributed by atoms with Gasteiger partial charge in [-0.2, -0.15) is 0 Å². The van der Waals surface area contributed by atoms with Crippen molar-refractivity contribution in [1.82, 2.24) is 14.8 Å². The third-order valence-corrected chi connectivity index (χ3v) is 6.64. The third-order valence-electron chi connectivity index (χ3n) is 5.33. The first-order chi connectivity index (χ1) is 13.5. The minimum atomic E-state index is -0.236. The fraction of sp³-hybridized carbons (Fsp3) is 0.526. The number of hydrogen-bond donors (Lipinski definition) is 0. The van der Waals surface area contributed by atoms with E-state index in [0.29, 0.717) is 44.2 Å². The maximum atomic E-state index is 12.9. The highest BCUT2D eigenvalue weighted by Crippen LogP contribution is 2.31. The maximum absolute atomic E-state index is 12.9. The number of anilines is 1. The number of likely N-dealkylation sites (tertiary alicyclic amines) is 1. The van der Waals surface area contributed by atoms with Gasteiger partial charge in [-0.25, -0.2) is 4.98 Å². The van der Waals surface area contributed by atoms with Crippen LogP contribution in [0.1, 0.15) is 6.42 Å². The number of carbonyl (C=O) groups excluding carboxylic acids is 2. The smallest absolute Gasteiger partial charge is 0.228 e. The zero-order chi connectivity index (χ0) is 19.7. The fourth-order valence-corrected chi connectivity index (χ4v) is 5.05. The van der Waals surface area contributed by atoms with E-state index in [0.717, 1.165) is 28.4 Å². The Morgan fingerprint density at radius 2 is 2.11 bits per heavy atom. The molecule has 2 aliphatic rings. The first kappa shape index (κ1) is 19.4. The minimum absolute atomic E-state index is 0.0437. The van der Waals surface area contributed by atoms with Crippen molar-refractivity contribution in [1.29, 1.82) is 0 Å². The SMILES string of the molecule is COCCN1CC(C(=O)N2CCN(c3nc4ccc(Cl)cc4s3)CC2)CC1=O. The Labute approximate surface area is 172 Å². The molecule has 0 saturated carbocycles. The van der Waals surface area contributed by atoms with Crippen molar-refractivity contribution < 1.29 is 14.3 Å². The lowest BCUT2D eigenvalue weighted by Gasteiger charge is -2.35. The molecule has 2 saturated heterocycles. The summed E-state index contributed by atoms with van der Waals surface area (Å²) >= 11 is 7.69. The topological polar surface area (TPSA) is 66.0 Å². The highest BCUT2D eigenvalue weighted by atomic mass is 35.5. The van der Waals surface area contributed by atoms with Gasteiger partial charge in [0, 0.05) is 57.8 Å². The van der Waals surface area contributed by atoms with Crippen LogP contribution in [-0.4, -0.2) is 79.6 Å². The lowest BCUT2D eigenvalue weighted by atomic mass is 10.1. The van der Waals surface area contributed by atoms with Crippen LogP contribution in [0.5, 0.6) is 0 Å². The molecule has 150 valence electrons. The lowest BCUT2D eigenvalue weighted by Crippen LogP contribution is -2.50. The summed E-state index contributed by atoms with van der Waals surface area (Å²) in [5, 5.41) is 1.68. The number of ether oxygens (including phenoxy) is 1. The number of piperazine rings is 1. The number of carbonyl (C=O) groups is 2. The Morgan fingerprint density at radius 3 is 2.86 bits per heavy atom. The summed E-state index contributed by atoms with van der Waals surface area (Å²) in [6, 6.07) is 5.72. The molecule has 1 unspecified atom stereocenters. The number of halogens is 1. The molecule has 9 heteroatoms. The van der Waals surface area contributed by atoms with Crippen molar-refractivity contribution in [3.63, 3.8) is 0 Å². The van der Waals surface area contributed by atoms with Crippen LogP contribution in [0.3, 0.4) is 0 Å². The number of benzene rings is 1. The van der Waals surface area contributed by atoms with Crippen LogP contribution in [0.25, 0.3) is 10.2 Å². The zero-order valence-corrected chi connectivity index (χ0v) is 17.3. The quantitative estimate of drug-likeness (QED) is 0.738. The molecule has 28 heavy (non-hydrogen) atoms. The standard InChI is InChI=1S/C19H23ClN4O3S/c1-27-9-8-24-12-13(10-17(24)25)18(26)22-4-6-23(7-5-22)19-21-15-3-2-14(20)11-16(15)28-19/h2-3,11,13H,4-10,12H2,1H3. The molecule has 1 atom stereocenters. The summed E-state index contributed by atoms with van der Waals surface area (Å²) in [6.07, 6.45) is 0.307. The number of fused-ring (bicyclic) bond motifs is 1. The van der Waals surface area contributed by atoms with Crippen LogP contribution in [0.15, 0.2) is 18.2 Å². The van der Waals surface area contributed by atoms with E-state index in [-0.39, 0.29) is 17.7 Å². The van der Waals surface area contributed by atoms with Crippen molar-refractivity contribution in [3.8, 4) is 0 Å². The Morgan fingerprint density at radius 1 is 1.32 bits per heavy atom. The summed E-state index contributed by atoms with van der Waals surface area (Å²) < 4.78 is 6.11. The van der Waals surface area contributed by atoms with Gasteiger partial charge in [0.25, 0.3) is 0 Å². The van der Waals surface area contributed by atoms with Crippen LogP contribution in [-0.2, 0) is 14.3 Å². The molecule has 1 aromatic carbocycles. The second-order valence-corrected chi connectivity index (χ2v) is 8.60. The van der Waals surface area contributed by atoms with E-state index >= 15 is 0 Å². The Bertz CT molecular complexity index is 881. The molecule has 7 nitrogen and oxygen atoms in total. The van der Waals surface area contributed by atoms with Gasteiger partial charge in [0.2, 0.25) is 11.8 Å². The van der Waals surface area contributed by atoms with Crippen molar-refractivity contribution in [2.45, 2.75) is 6.42 Å². The van der Waals surface area contributed by atoms with Gasteiger partial charge in [-0.05, 0) is 18.2 Å². The molecule has 0 N–H and O–H groups in total. The molecule has 0 spiro atoms. The van der Waals surface area contributed by atoms with E-state index < -0.39 is 0 Å². The van der Waals surface area contributed by atoms with E-state index in [1.54, 1.807) is 23.3 Å². The molecule has 0 bridgehead atoms. The first-order valence-corrected chi connectivity index (χ1v) is 10.6. The summed E-state index contributed by atoms with van der Waals surface area (Å²) in [6.45, 7) is 4.34. The van der Waals surface area contributed by atoms with E-state index in [9.17, 15) is 9.59 Å². The predicted octanol–water partition coefficient (Wildman–Crippen LogP) is 2.09. The second kappa shape index (κ2) is 8.23. The molecular weight excluding hydrogens is 400 g/mol. The Kier molecular flexibility index (Phi) is 5.70. The van der Waals surface area contributed by atoms with E-state index in [1.165, 1.54) is 0 Å². The summed E-state index contributed by atoms with van der Waals surface area (Å²) in [5.41, 5.74) is 0.948. The first-order valence-electron chi connectivity index (χ1n) is 9.41. The Balaban J connectivity index is 1.34. The van der Waals surface area contributed by atoms with Gasteiger partial charge >= 0.3 is 0 Å². The van der Waals surface area contributed by atoms with Crippen LogP contribution in [0, 0.1) is 5.92 Å². The largest absolute Gasteiger partial charge is 0.383 e. The highest BCUT2D eigenvalue weighted by Gasteiger charge is 2.37. The fourth-order valence-electron chi connectivity index (χ4n) is 3.75. The van der Waals surface area contributed by atoms with Crippen molar-refractivity contribution in [2.75, 3.05) is 57.9 Å². The van der Waals surface area contributed by atoms with Crippen molar-refractivity contribution in [3.05, 3.63) is 23.2 Å². The number of methoxy groups -OCH3 is 1. The number of nitrogens with zero attached hydrogens (tertiary/aromatic N) is 4. The van der Waals surface area contributed by atoms with Crippen molar-refractivity contribution >= 4 is 50.1 Å². The van der Waals surface area contributed by atoms with Gasteiger partial charge in [-0.15, -0.1) is 0 Å². The van der Waals surface area contributed by atoms with Gasteiger partial charge < -0.3 is 19.4 Å². The summed E-state index contributed by atoms with van der Waals surface area (Å²) in [5.74, 6) is -0.105. The van der Waals surface area contributed by atoms with Crippen molar-refractivity contribution in [2.24, 2.45) is 5.92 Å². The number of aromatic nitrogens is 1. The third kappa shape index (κ3) is 3.94. The normalized spacial score (nSPS) is 20.4. The number of rotatable bonds is 5. The molecule has 3 heterocycles. The number of hydrogen-bond acceptors (Lipinski definition) is 6. The molecular formula is C19H23ClN4O3S. The van der Waals surface area contributed by atoms with Gasteiger partial charge in [-0.1, -0.05) is 22.9 Å². The monoisotopic (exact) mass is 422 g/mol. The minimum Gasteiger partial charge on any atom is -0.383 e. The van der Waals surface area contributed by atoms with E-state index in [2.05, 4.69) is 4.90 Å². The van der Waals surface area contributed by atoms with E-state index in [1.807, 2.05) is 23.1 Å². The number of amides is 2. The van der Waals surface area contributed by atoms with Crippen LogP contribution >= 0.6 is 22.9 Å². The summed E-state index contributed by atoms with van der Waals surface area (Å²) in [7, 11) is 1.61. The molecule has 2 amide bonds. The van der Waals surface area contributed by atoms with Gasteiger partial charge in [0.1, 0.15) is 0 Å². The molecule has 2 aliphatic heterocycles. The second-order valence-electron chi connectivity index (χ2n) is 7.15. The highest BCUT2D eigenvalue weighted by molar-refractivity contribution is 7.22. The van der Waals surface area contributed by atoms with Crippen LogP contribution < -0.4 is 4.90 Å². The molecule has 4 rings (SSSR count). The van der Waals surface area contributed by atoms with E-state index in [4.69, 9.17) is 21.3 Å². The van der Waals surface area contributed by atoms with Gasteiger partial charge in [0.15, 0.2) is 5.13 Å². The molecule has 2 aromatic rings. The van der Waals surface area contributed by atoms with Gasteiger partial charge in [0.05, 0.1) is 22.7 Å². The average Bonchev–Trinajstić information content (AvgIpc) is 3.29. The predicted molar refractivity (Wildman–Crippen MR) is 110 cm³/mol. The zero-order valence-electron chi connectivity index (χ0n) is 15.8. The molecule has 0 radical (unpaired) electrons. The van der Waals surface area contributed by atoms with Gasteiger partial charge in [-0.3, -0.25) is 9.59 Å².